The molecule has 1 aliphatic carbocycles. The van der Waals surface area contributed by atoms with Crippen LogP contribution in [0.4, 0.5) is 5.82 Å². The van der Waals surface area contributed by atoms with Gasteiger partial charge in [0.2, 0.25) is 0 Å². The molecule has 18 heavy (non-hydrogen) atoms. The van der Waals surface area contributed by atoms with Crippen molar-refractivity contribution in [2.24, 2.45) is 0 Å². The number of carbonyl (C=O) groups is 1. The van der Waals surface area contributed by atoms with Crippen molar-refractivity contribution >= 4 is 11.7 Å². The first-order chi connectivity index (χ1) is 8.72. The van der Waals surface area contributed by atoms with Crippen molar-refractivity contribution in [1.82, 2.24) is 9.78 Å². The van der Waals surface area contributed by atoms with Crippen LogP contribution in [-0.4, -0.2) is 28.9 Å². The Morgan fingerprint density at radius 2 is 2.28 bits per heavy atom. The summed E-state index contributed by atoms with van der Waals surface area (Å²) < 4.78 is 7.07. The molecule has 1 saturated carbocycles. The largest absolute Gasteiger partial charge is 0.372 e. The van der Waals surface area contributed by atoms with Gasteiger partial charge in [0.15, 0.2) is 0 Å². The van der Waals surface area contributed by atoms with Crippen molar-refractivity contribution in [1.29, 1.82) is 0 Å². The molecule has 1 N–H and O–H groups in total. The summed E-state index contributed by atoms with van der Waals surface area (Å²) in [5.74, 6) is 0.714. The smallest absolute Gasteiger partial charge is 0.251 e. The second-order valence-corrected chi connectivity index (χ2v) is 4.74. The number of carbonyl (C=O) groups excluding carboxylic acids is 1. The molecule has 5 nitrogen and oxygen atoms in total. The topological polar surface area (TPSA) is 56.1 Å². The molecule has 0 atom stereocenters. The van der Waals surface area contributed by atoms with E-state index in [-0.39, 0.29) is 12.5 Å². The number of aryl methyl sites for hydroxylation is 1. The molecule has 0 spiro atoms. The minimum Gasteiger partial charge on any atom is -0.372 e. The highest BCUT2D eigenvalue weighted by Gasteiger charge is 2.22. The van der Waals surface area contributed by atoms with Crippen LogP contribution < -0.4 is 5.32 Å². The Kier molecular flexibility index (Phi) is 4.36. The summed E-state index contributed by atoms with van der Waals surface area (Å²) in [6, 6.07) is 0.432. The number of nitrogens with one attached hydrogen (secondary N) is 1. The summed E-state index contributed by atoms with van der Waals surface area (Å²) in [6.07, 6.45) is 6.60. The zero-order valence-corrected chi connectivity index (χ0v) is 11.1. The van der Waals surface area contributed by atoms with Crippen LogP contribution in [-0.2, 0) is 9.53 Å². The van der Waals surface area contributed by atoms with Gasteiger partial charge in [-0.15, -0.1) is 0 Å². The Labute approximate surface area is 108 Å². The van der Waals surface area contributed by atoms with E-state index in [9.17, 15) is 4.79 Å². The first-order valence-electron chi connectivity index (χ1n) is 6.64. The number of anilines is 1. The summed E-state index contributed by atoms with van der Waals surface area (Å²) in [4.78, 5) is 11.7. The maximum atomic E-state index is 11.7. The maximum absolute atomic E-state index is 11.7. The standard InChI is InChI=1S/C13H21N3O2/c1-3-18-9-12(17)15-13-10(2)8-14-16(13)11-6-4-5-7-11/h8,11H,3-7,9H2,1-2H3,(H,15,17). The average molecular weight is 251 g/mol. The molecule has 0 aliphatic heterocycles. The van der Waals surface area contributed by atoms with E-state index in [0.717, 1.165) is 24.2 Å². The summed E-state index contributed by atoms with van der Waals surface area (Å²) >= 11 is 0. The van der Waals surface area contributed by atoms with Crippen LogP contribution in [0.2, 0.25) is 0 Å². The van der Waals surface area contributed by atoms with Gasteiger partial charge in [0.05, 0.1) is 12.2 Å². The highest BCUT2D eigenvalue weighted by molar-refractivity contribution is 5.91. The molecule has 0 aromatic carbocycles. The van der Waals surface area contributed by atoms with Gasteiger partial charge in [-0.2, -0.15) is 5.10 Å². The van der Waals surface area contributed by atoms with E-state index in [1.54, 1.807) is 0 Å². The van der Waals surface area contributed by atoms with Crippen LogP contribution in [0.15, 0.2) is 6.20 Å². The molecule has 0 radical (unpaired) electrons. The van der Waals surface area contributed by atoms with Gasteiger partial charge < -0.3 is 10.1 Å². The summed E-state index contributed by atoms with van der Waals surface area (Å²) in [7, 11) is 0. The highest BCUT2D eigenvalue weighted by atomic mass is 16.5. The summed E-state index contributed by atoms with van der Waals surface area (Å²) in [5.41, 5.74) is 1.01. The third-order valence-electron chi connectivity index (χ3n) is 3.34. The Morgan fingerprint density at radius 3 is 2.94 bits per heavy atom. The zero-order chi connectivity index (χ0) is 13.0. The Bertz CT molecular complexity index is 408. The molecule has 0 unspecified atom stereocenters. The number of hydrogen-bond donors (Lipinski definition) is 1. The molecule has 1 heterocycles. The van der Waals surface area contributed by atoms with Crippen molar-refractivity contribution in [3.63, 3.8) is 0 Å². The Balaban J connectivity index is 2.06. The molecular weight excluding hydrogens is 230 g/mol. The van der Waals surface area contributed by atoms with Crippen LogP contribution in [0.25, 0.3) is 0 Å². The van der Waals surface area contributed by atoms with E-state index >= 15 is 0 Å². The van der Waals surface area contributed by atoms with Crippen LogP contribution in [0.5, 0.6) is 0 Å². The van der Waals surface area contributed by atoms with Gasteiger partial charge in [0.1, 0.15) is 12.4 Å². The fourth-order valence-electron chi connectivity index (χ4n) is 2.39. The van der Waals surface area contributed by atoms with Crippen molar-refractivity contribution in [2.75, 3.05) is 18.5 Å². The molecular formula is C13H21N3O2. The molecule has 100 valence electrons. The Morgan fingerprint density at radius 1 is 1.56 bits per heavy atom. The number of amides is 1. The molecule has 1 aromatic rings. The average Bonchev–Trinajstić information content (AvgIpc) is 2.98. The number of ether oxygens (including phenoxy) is 1. The number of nitrogens with zero attached hydrogens (tertiary/aromatic N) is 2. The lowest BCUT2D eigenvalue weighted by Crippen LogP contribution is -2.22. The predicted molar refractivity (Wildman–Crippen MR) is 69.6 cm³/mol. The van der Waals surface area contributed by atoms with Gasteiger partial charge in [0.25, 0.3) is 5.91 Å². The number of rotatable bonds is 5. The third-order valence-corrected chi connectivity index (χ3v) is 3.34. The second-order valence-electron chi connectivity index (χ2n) is 4.74. The monoisotopic (exact) mass is 251 g/mol. The van der Waals surface area contributed by atoms with E-state index in [0.29, 0.717) is 12.6 Å². The molecule has 1 amide bonds. The van der Waals surface area contributed by atoms with E-state index in [4.69, 9.17) is 4.74 Å². The predicted octanol–water partition coefficient (Wildman–Crippen LogP) is 2.28. The molecule has 5 heteroatoms. The van der Waals surface area contributed by atoms with Gasteiger partial charge in [-0.1, -0.05) is 12.8 Å². The maximum Gasteiger partial charge on any atom is 0.251 e. The van der Waals surface area contributed by atoms with E-state index in [1.807, 2.05) is 24.7 Å². The van der Waals surface area contributed by atoms with E-state index in [1.165, 1.54) is 12.8 Å². The quantitative estimate of drug-likeness (QED) is 0.873. The van der Waals surface area contributed by atoms with Crippen molar-refractivity contribution in [3.05, 3.63) is 11.8 Å². The van der Waals surface area contributed by atoms with E-state index < -0.39 is 0 Å². The summed E-state index contributed by atoms with van der Waals surface area (Å²) in [6.45, 7) is 4.50. The first-order valence-corrected chi connectivity index (χ1v) is 6.64. The van der Waals surface area contributed by atoms with Crippen molar-refractivity contribution < 1.29 is 9.53 Å². The Hall–Kier alpha value is -1.36. The van der Waals surface area contributed by atoms with Gasteiger partial charge in [-0.25, -0.2) is 4.68 Å². The molecule has 2 rings (SSSR count). The van der Waals surface area contributed by atoms with Gasteiger partial charge >= 0.3 is 0 Å². The normalized spacial score (nSPS) is 16.1. The van der Waals surface area contributed by atoms with Gasteiger partial charge in [-0.3, -0.25) is 4.79 Å². The molecule has 1 aliphatic rings. The first kappa shape index (κ1) is 13.1. The zero-order valence-electron chi connectivity index (χ0n) is 11.1. The van der Waals surface area contributed by atoms with Crippen LogP contribution in [0.3, 0.4) is 0 Å². The number of hydrogen-bond acceptors (Lipinski definition) is 3. The SMILES string of the molecule is CCOCC(=O)Nc1c(C)cnn1C1CCCC1. The van der Waals surface area contributed by atoms with Crippen molar-refractivity contribution in [3.8, 4) is 0 Å². The van der Waals surface area contributed by atoms with Gasteiger partial charge in [0, 0.05) is 12.2 Å². The fraction of sp³-hybridized carbons (Fsp3) is 0.692. The highest BCUT2D eigenvalue weighted by Crippen LogP contribution is 2.32. The second kappa shape index (κ2) is 6.00. The lowest BCUT2D eigenvalue weighted by Gasteiger charge is -2.15. The molecule has 0 saturated heterocycles. The minimum absolute atomic E-state index is 0.103. The molecule has 1 fully saturated rings. The molecule has 1 aromatic heterocycles. The van der Waals surface area contributed by atoms with Crippen molar-refractivity contribution in [2.45, 2.75) is 45.6 Å². The van der Waals surface area contributed by atoms with Crippen LogP contribution in [0, 0.1) is 6.92 Å². The lowest BCUT2D eigenvalue weighted by molar-refractivity contribution is -0.120. The fourth-order valence-corrected chi connectivity index (χ4v) is 2.39. The lowest BCUT2D eigenvalue weighted by atomic mass is 10.2. The third kappa shape index (κ3) is 2.90. The van der Waals surface area contributed by atoms with E-state index in [2.05, 4.69) is 10.4 Å². The minimum atomic E-state index is -0.111. The summed E-state index contributed by atoms with van der Waals surface area (Å²) in [5, 5.41) is 7.30. The van der Waals surface area contributed by atoms with Crippen LogP contribution in [0.1, 0.15) is 44.2 Å². The van der Waals surface area contributed by atoms with Gasteiger partial charge in [-0.05, 0) is 26.7 Å². The van der Waals surface area contributed by atoms with Crippen LogP contribution >= 0.6 is 0 Å². The number of aromatic nitrogens is 2. The molecule has 0 bridgehead atoms.